The molecule has 1 fully saturated rings. The maximum Gasteiger partial charge on any atom is 0.167 e. The van der Waals surface area contributed by atoms with Crippen LogP contribution in [-0.2, 0) is 6.54 Å². The molecule has 1 saturated heterocycles. The minimum atomic E-state index is 0.315. The molecule has 1 aliphatic rings. The van der Waals surface area contributed by atoms with Crippen LogP contribution in [0.3, 0.4) is 0 Å². The lowest BCUT2D eigenvalue weighted by molar-refractivity contribution is 0.207. The lowest BCUT2D eigenvalue weighted by Crippen LogP contribution is -2.22. The Bertz CT molecular complexity index is 509. The monoisotopic (exact) mass is 243 g/mol. The number of rotatable bonds is 3. The molecule has 0 amide bonds. The van der Waals surface area contributed by atoms with Crippen LogP contribution < -0.4 is 5.73 Å². The number of likely N-dealkylation sites (tertiary alicyclic amines) is 1. The molecule has 0 bridgehead atoms. The lowest BCUT2D eigenvalue weighted by Gasteiger charge is -2.22. The van der Waals surface area contributed by atoms with Crippen LogP contribution in [0.2, 0.25) is 0 Å². The third kappa shape index (κ3) is 2.24. The van der Waals surface area contributed by atoms with E-state index in [0.29, 0.717) is 11.9 Å². The summed E-state index contributed by atoms with van der Waals surface area (Å²) in [5, 5.41) is 3.78. The van der Waals surface area contributed by atoms with Gasteiger partial charge in [0.25, 0.3) is 0 Å². The minimum absolute atomic E-state index is 0.315. The summed E-state index contributed by atoms with van der Waals surface area (Å²) in [5.74, 6) is 1.36. The molecule has 0 radical (unpaired) electrons. The van der Waals surface area contributed by atoms with Gasteiger partial charge in [0.15, 0.2) is 11.6 Å². The Morgan fingerprint density at radius 1 is 1.33 bits per heavy atom. The zero-order chi connectivity index (χ0) is 12.4. The molecule has 2 heterocycles. The molecule has 0 aliphatic carbocycles. The molecule has 1 aromatic heterocycles. The van der Waals surface area contributed by atoms with Gasteiger partial charge < -0.3 is 10.3 Å². The first-order valence-electron chi connectivity index (χ1n) is 6.33. The van der Waals surface area contributed by atoms with Crippen molar-refractivity contribution in [1.82, 2.24) is 10.1 Å². The van der Waals surface area contributed by atoms with E-state index < -0.39 is 0 Å². The Balaban J connectivity index is 1.75. The summed E-state index contributed by atoms with van der Waals surface area (Å²) in [7, 11) is 0. The van der Waals surface area contributed by atoms with Crippen molar-refractivity contribution in [3.05, 3.63) is 47.7 Å². The summed E-state index contributed by atoms with van der Waals surface area (Å²) < 4.78 is 5.30. The van der Waals surface area contributed by atoms with E-state index in [1.54, 1.807) is 0 Å². The number of benzene rings is 1. The Morgan fingerprint density at radius 2 is 2.17 bits per heavy atom. The number of nitrogens with zero attached hydrogens (tertiary/aromatic N) is 2. The van der Waals surface area contributed by atoms with Crippen molar-refractivity contribution in [3.63, 3.8) is 0 Å². The second kappa shape index (κ2) is 4.82. The first-order chi connectivity index (χ1) is 8.83. The molecule has 1 atom stereocenters. The maximum absolute atomic E-state index is 5.62. The summed E-state index contributed by atoms with van der Waals surface area (Å²) in [6.45, 7) is 2.05. The van der Waals surface area contributed by atoms with Crippen molar-refractivity contribution >= 4 is 5.82 Å². The number of hydrogen-bond acceptors (Lipinski definition) is 4. The first kappa shape index (κ1) is 11.3. The minimum Gasteiger partial charge on any atom is -0.381 e. The Labute approximate surface area is 106 Å². The van der Waals surface area contributed by atoms with Gasteiger partial charge in [-0.2, -0.15) is 0 Å². The maximum atomic E-state index is 5.62. The molecule has 4 nitrogen and oxygen atoms in total. The van der Waals surface area contributed by atoms with Crippen molar-refractivity contribution in [3.8, 4) is 0 Å². The van der Waals surface area contributed by atoms with Gasteiger partial charge in [0, 0.05) is 12.6 Å². The fourth-order valence-corrected chi connectivity index (χ4v) is 2.62. The van der Waals surface area contributed by atoms with Gasteiger partial charge in [0.05, 0.1) is 6.04 Å². The fraction of sp³-hybridized carbons (Fsp3) is 0.357. The number of nitrogens with two attached hydrogens (primary N) is 1. The van der Waals surface area contributed by atoms with Gasteiger partial charge in [0.1, 0.15) is 0 Å². The first-order valence-corrected chi connectivity index (χ1v) is 6.33. The van der Waals surface area contributed by atoms with Crippen LogP contribution in [0.5, 0.6) is 0 Å². The summed E-state index contributed by atoms with van der Waals surface area (Å²) in [6.07, 6.45) is 2.31. The third-order valence-corrected chi connectivity index (χ3v) is 3.47. The lowest BCUT2D eigenvalue weighted by atomic mass is 10.1. The van der Waals surface area contributed by atoms with Crippen molar-refractivity contribution in [1.29, 1.82) is 0 Å². The summed E-state index contributed by atoms with van der Waals surface area (Å²) in [5.41, 5.74) is 6.95. The Kier molecular flexibility index (Phi) is 3.02. The van der Waals surface area contributed by atoms with Crippen molar-refractivity contribution in [2.75, 3.05) is 12.3 Å². The van der Waals surface area contributed by atoms with Gasteiger partial charge in [-0.15, -0.1) is 0 Å². The second-order valence-electron chi connectivity index (χ2n) is 4.77. The molecule has 0 spiro atoms. The number of hydrogen-bond donors (Lipinski definition) is 1. The largest absolute Gasteiger partial charge is 0.381 e. The van der Waals surface area contributed by atoms with E-state index in [-0.39, 0.29) is 0 Å². The number of anilines is 1. The topological polar surface area (TPSA) is 55.3 Å². The van der Waals surface area contributed by atoms with Gasteiger partial charge in [-0.3, -0.25) is 4.90 Å². The Hall–Kier alpha value is -1.81. The van der Waals surface area contributed by atoms with Crippen LogP contribution in [0.4, 0.5) is 5.82 Å². The zero-order valence-corrected chi connectivity index (χ0v) is 10.2. The molecule has 1 aromatic carbocycles. The molecular weight excluding hydrogens is 226 g/mol. The van der Waals surface area contributed by atoms with Crippen LogP contribution in [0.15, 0.2) is 40.9 Å². The van der Waals surface area contributed by atoms with Crippen LogP contribution in [-0.4, -0.2) is 16.6 Å². The average Bonchev–Trinajstić information content (AvgIpc) is 2.99. The molecule has 1 aliphatic heterocycles. The molecule has 4 heteroatoms. The molecule has 3 rings (SSSR count). The van der Waals surface area contributed by atoms with E-state index in [1.165, 1.54) is 12.0 Å². The van der Waals surface area contributed by atoms with Gasteiger partial charge in [-0.1, -0.05) is 35.5 Å². The van der Waals surface area contributed by atoms with Crippen LogP contribution in [0, 0.1) is 0 Å². The van der Waals surface area contributed by atoms with E-state index in [1.807, 2.05) is 12.1 Å². The van der Waals surface area contributed by atoms with Crippen molar-refractivity contribution in [2.45, 2.75) is 25.4 Å². The molecule has 0 saturated carbocycles. The predicted octanol–water partition coefficient (Wildman–Crippen LogP) is 2.59. The van der Waals surface area contributed by atoms with Gasteiger partial charge in [-0.05, 0) is 24.9 Å². The van der Waals surface area contributed by atoms with Gasteiger partial charge in [-0.25, -0.2) is 0 Å². The summed E-state index contributed by atoms with van der Waals surface area (Å²) in [4.78, 5) is 2.43. The van der Waals surface area contributed by atoms with E-state index in [9.17, 15) is 0 Å². The summed E-state index contributed by atoms with van der Waals surface area (Å²) >= 11 is 0. The third-order valence-electron chi connectivity index (χ3n) is 3.47. The smallest absolute Gasteiger partial charge is 0.167 e. The van der Waals surface area contributed by atoms with E-state index >= 15 is 0 Å². The summed E-state index contributed by atoms with van der Waals surface area (Å²) in [6, 6.07) is 12.7. The molecule has 1 unspecified atom stereocenters. The molecule has 18 heavy (non-hydrogen) atoms. The SMILES string of the molecule is Nc1cc(C2CCCN2Cc2ccccc2)on1. The average molecular weight is 243 g/mol. The highest BCUT2D eigenvalue weighted by Gasteiger charge is 2.28. The van der Waals surface area contributed by atoms with Crippen LogP contribution >= 0.6 is 0 Å². The zero-order valence-electron chi connectivity index (χ0n) is 10.2. The Morgan fingerprint density at radius 3 is 2.89 bits per heavy atom. The quantitative estimate of drug-likeness (QED) is 0.900. The molecule has 94 valence electrons. The van der Waals surface area contributed by atoms with Gasteiger partial charge >= 0.3 is 0 Å². The molecule has 2 aromatic rings. The van der Waals surface area contributed by atoms with E-state index in [0.717, 1.165) is 25.3 Å². The fourth-order valence-electron chi connectivity index (χ4n) is 2.62. The van der Waals surface area contributed by atoms with Crippen LogP contribution in [0.1, 0.15) is 30.2 Å². The molecular formula is C14H17N3O. The second-order valence-corrected chi connectivity index (χ2v) is 4.77. The standard InChI is InChI=1S/C14H17N3O/c15-14-9-13(18-16-14)12-7-4-8-17(12)10-11-5-2-1-3-6-11/h1-3,5-6,9,12H,4,7-8,10H2,(H2,15,16). The van der Waals surface area contributed by atoms with E-state index in [2.05, 4.69) is 34.3 Å². The van der Waals surface area contributed by atoms with Crippen molar-refractivity contribution < 1.29 is 4.52 Å². The highest BCUT2D eigenvalue weighted by Crippen LogP contribution is 2.33. The molecule has 2 N–H and O–H groups in total. The number of nitrogen functional groups attached to an aromatic ring is 1. The van der Waals surface area contributed by atoms with Crippen LogP contribution in [0.25, 0.3) is 0 Å². The number of aromatic nitrogens is 1. The normalized spacial score (nSPS) is 20.3. The highest BCUT2D eigenvalue weighted by atomic mass is 16.5. The van der Waals surface area contributed by atoms with Crippen molar-refractivity contribution in [2.24, 2.45) is 0 Å². The highest BCUT2D eigenvalue weighted by molar-refractivity contribution is 5.28. The van der Waals surface area contributed by atoms with Gasteiger partial charge in [0.2, 0.25) is 0 Å². The van der Waals surface area contributed by atoms with E-state index in [4.69, 9.17) is 10.3 Å². The predicted molar refractivity (Wildman–Crippen MR) is 69.7 cm³/mol.